The van der Waals surface area contributed by atoms with E-state index in [4.69, 9.17) is 0 Å². The lowest BCUT2D eigenvalue weighted by Crippen LogP contribution is -2.55. The van der Waals surface area contributed by atoms with Crippen LogP contribution in [0.15, 0.2) is 0 Å². The van der Waals surface area contributed by atoms with Gasteiger partial charge in [-0.2, -0.15) is 5.26 Å². The molecule has 0 heterocycles. The standard InChI is InChI=1S/C17H34N4/c1-6-9-19-17(13-18,16-7-8-16)14-21(12-15(2)3)11-10-20(4)5/h15-16,19H,6-12,14H2,1-5H3. The summed E-state index contributed by atoms with van der Waals surface area (Å²) >= 11 is 0. The van der Waals surface area contributed by atoms with E-state index < -0.39 is 0 Å². The Morgan fingerprint density at radius 1 is 1.29 bits per heavy atom. The lowest BCUT2D eigenvalue weighted by atomic mass is 9.93. The van der Waals surface area contributed by atoms with Gasteiger partial charge >= 0.3 is 0 Å². The lowest BCUT2D eigenvalue weighted by Gasteiger charge is -2.35. The molecular formula is C17H34N4. The Bertz CT molecular complexity index is 330. The van der Waals surface area contributed by atoms with Crippen molar-refractivity contribution in [3.63, 3.8) is 0 Å². The zero-order chi connectivity index (χ0) is 15.9. The van der Waals surface area contributed by atoms with Crippen molar-refractivity contribution < 1.29 is 0 Å². The van der Waals surface area contributed by atoms with Crippen molar-refractivity contribution in [3.05, 3.63) is 0 Å². The highest BCUT2D eigenvalue weighted by Crippen LogP contribution is 2.40. The van der Waals surface area contributed by atoms with E-state index in [1.54, 1.807) is 0 Å². The zero-order valence-electron chi connectivity index (χ0n) is 14.7. The van der Waals surface area contributed by atoms with Crippen molar-refractivity contribution in [2.24, 2.45) is 11.8 Å². The minimum absolute atomic E-state index is 0.336. The highest BCUT2D eigenvalue weighted by atomic mass is 15.2. The van der Waals surface area contributed by atoms with Crippen molar-refractivity contribution in [2.45, 2.75) is 45.6 Å². The van der Waals surface area contributed by atoms with Crippen LogP contribution < -0.4 is 5.32 Å². The van der Waals surface area contributed by atoms with E-state index in [1.807, 2.05) is 0 Å². The third kappa shape index (κ3) is 6.34. The van der Waals surface area contributed by atoms with Gasteiger partial charge in [-0.15, -0.1) is 0 Å². The molecule has 0 aliphatic heterocycles. The van der Waals surface area contributed by atoms with Gasteiger partial charge in [0, 0.05) is 26.2 Å². The molecule has 0 aromatic heterocycles. The summed E-state index contributed by atoms with van der Waals surface area (Å²) in [5.41, 5.74) is -0.336. The maximum Gasteiger partial charge on any atom is 0.122 e. The van der Waals surface area contributed by atoms with Crippen LogP contribution in [0.1, 0.15) is 40.0 Å². The van der Waals surface area contributed by atoms with Gasteiger partial charge < -0.3 is 4.90 Å². The first kappa shape index (κ1) is 18.4. The van der Waals surface area contributed by atoms with Crippen LogP contribution in [0, 0.1) is 23.2 Å². The van der Waals surface area contributed by atoms with Crippen LogP contribution in [0.3, 0.4) is 0 Å². The number of hydrogen-bond donors (Lipinski definition) is 1. The fourth-order valence-electron chi connectivity index (χ4n) is 2.87. The van der Waals surface area contributed by atoms with Gasteiger partial charge in [-0.3, -0.25) is 10.2 Å². The highest BCUT2D eigenvalue weighted by molar-refractivity contribution is 5.16. The Hall–Kier alpha value is -0.630. The van der Waals surface area contributed by atoms with E-state index in [1.165, 1.54) is 12.8 Å². The SMILES string of the molecule is CCCNC(C#N)(CN(CCN(C)C)CC(C)C)C1CC1. The predicted octanol–water partition coefficient (Wildman–Crippen LogP) is 2.18. The second kappa shape index (κ2) is 8.73. The monoisotopic (exact) mass is 294 g/mol. The third-order valence-corrected chi connectivity index (χ3v) is 4.12. The summed E-state index contributed by atoms with van der Waals surface area (Å²) < 4.78 is 0. The van der Waals surface area contributed by atoms with Gasteiger partial charge in [0.05, 0.1) is 6.07 Å². The maximum absolute atomic E-state index is 9.82. The minimum atomic E-state index is -0.336. The first-order valence-corrected chi connectivity index (χ1v) is 8.47. The second-order valence-electron chi connectivity index (χ2n) is 7.22. The van der Waals surface area contributed by atoms with E-state index in [-0.39, 0.29) is 5.54 Å². The Morgan fingerprint density at radius 3 is 2.38 bits per heavy atom. The molecule has 4 heteroatoms. The molecule has 0 aromatic rings. The Balaban J connectivity index is 2.72. The number of hydrogen-bond acceptors (Lipinski definition) is 4. The van der Waals surface area contributed by atoms with Gasteiger partial charge in [0.25, 0.3) is 0 Å². The molecule has 1 saturated carbocycles. The van der Waals surface area contributed by atoms with Crippen LogP contribution in [-0.4, -0.2) is 62.2 Å². The summed E-state index contributed by atoms with van der Waals surface area (Å²) in [7, 11) is 4.22. The number of nitrogens with zero attached hydrogens (tertiary/aromatic N) is 3. The molecule has 1 unspecified atom stereocenters. The van der Waals surface area contributed by atoms with Crippen LogP contribution in [0.5, 0.6) is 0 Å². The molecule has 21 heavy (non-hydrogen) atoms. The Morgan fingerprint density at radius 2 is 1.95 bits per heavy atom. The van der Waals surface area contributed by atoms with Crippen molar-refractivity contribution >= 4 is 0 Å². The zero-order valence-corrected chi connectivity index (χ0v) is 14.7. The number of nitriles is 1. The molecule has 0 bridgehead atoms. The molecule has 0 amide bonds. The summed E-state index contributed by atoms with van der Waals surface area (Å²) in [5, 5.41) is 13.4. The highest BCUT2D eigenvalue weighted by Gasteiger charge is 2.46. The van der Waals surface area contributed by atoms with Crippen molar-refractivity contribution in [1.82, 2.24) is 15.1 Å². The predicted molar refractivity (Wildman–Crippen MR) is 89.2 cm³/mol. The van der Waals surface area contributed by atoms with Gasteiger partial charge in [-0.05, 0) is 51.7 Å². The quantitative estimate of drug-likeness (QED) is 0.634. The normalized spacial score (nSPS) is 18.2. The molecule has 122 valence electrons. The third-order valence-electron chi connectivity index (χ3n) is 4.12. The first-order valence-electron chi connectivity index (χ1n) is 8.47. The molecule has 4 nitrogen and oxygen atoms in total. The molecule has 1 fully saturated rings. The maximum atomic E-state index is 9.82. The number of rotatable bonds is 11. The largest absolute Gasteiger partial charge is 0.308 e. The lowest BCUT2D eigenvalue weighted by molar-refractivity contribution is 0.166. The Kier molecular flexibility index (Phi) is 7.65. The fourth-order valence-corrected chi connectivity index (χ4v) is 2.87. The molecule has 0 radical (unpaired) electrons. The molecular weight excluding hydrogens is 260 g/mol. The van der Waals surface area contributed by atoms with Crippen LogP contribution >= 0.6 is 0 Å². The smallest absolute Gasteiger partial charge is 0.122 e. The molecule has 0 saturated heterocycles. The summed E-state index contributed by atoms with van der Waals surface area (Å²) in [6.45, 7) is 11.6. The van der Waals surface area contributed by atoms with E-state index >= 15 is 0 Å². The van der Waals surface area contributed by atoms with Gasteiger partial charge in [-0.1, -0.05) is 20.8 Å². The van der Waals surface area contributed by atoms with Crippen LogP contribution in [-0.2, 0) is 0 Å². The van der Waals surface area contributed by atoms with E-state index in [9.17, 15) is 5.26 Å². The summed E-state index contributed by atoms with van der Waals surface area (Å²) in [6, 6.07) is 2.64. The van der Waals surface area contributed by atoms with Gasteiger partial charge in [0.1, 0.15) is 5.54 Å². The topological polar surface area (TPSA) is 42.3 Å². The average Bonchev–Trinajstić information content (AvgIpc) is 3.25. The number of likely N-dealkylation sites (N-methyl/N-ethyl adjacent to an activating group) is 1. The molecule has 1 atom stereocenters. The van der Waals surface area contributed by atoms with Crippen molar-refractivity contribution in [2.75, 3.05) is 46.8 Å². The average molecular weight is 294 g/mol. The molecule has 0 aromatic carbocycles. The van der Waals surface area contributed by atoms with Crippen LogP contribution in [0.2, 0.25) is 0 Å². The van der Waals surface area contributed by atoms with Gasteiger partial charge in [0.2, 0.25) is 0 Å². The van der Waals surface area contributed by atoms with Gasteiger partial charge in [-0.25, -0.2) is 0 Å². The van der Waals surface area contributed by atoms with Gasteiger partial charge in [0.15, 0.2) is 0 Å². The van der Waals surface area contributed by atoms with Crippen LogP contribution in [0.25, 0.3) is 0 Å². The summed E-state index contributed by atoms with van der Waals surface area (Å²) in [5.74, 6) is 1.18. The van der Waals surface area contributed by atoms with Crippen molar-refractivity contribution in [3.8, 4) is 6.07 Å². The molecule has 1 aliphatic rings. The van der Waals surface area contributed by atoms with E-state index in [0.29, 0.717) is 11.8 Å². The van der Waals surface area contributed by atoms with Crippen LogP contribution in [0.4, 0.5) is 0 Å². The molecule has 1 aliphatic carbocycles. The Labute approximate surface area is 131 Å². The van der Waals surface area contributed by atoms with E-state index in [2.05, 4.69) is 56.1 Å². The first-order chi connectivity index (χ1) is 9.93. The molecule has 1 rings (SSSR count). The second-order valence-corrected chi connectivity index (χ2v) is 7.22. The van der Waals surface area contributed by atoms with E-state index in [0.717, 1.165) is 39.1 Å². The molecule has 0 spiro atoms. The molecule has 1 N–H and O–H groups in total. The fraction of sp³-hybridized carbons (Fsp3) is 0.941. The summed E-state index contributed by atoms with van der Waals surface area (Å²) in [4.78, 5) is 4.70. The summed E-state index contributed by atoms with van der Waals surface area (Å²) in [6.07, 6.45) is 3.49. The van der Waals surface area contributed by atoms with Crippen molar-refractivity contribution in [1.29, 1.82) is 5.26 Å². The number of nitrogens with one attached hydrogen (secondary N) is 1. The minimum Gasteiger partial charge on any atom is -0.308 e.